The van der Waals surface area contributed by atoms with Gasteiger partial charge in [-0.2, -0.15) is 0 Å². The third kappa shape index (κ3) is 3.81. The lowest BCUT2D eigenvalue weighted by molar-refractivity contribution is 0.1000. The van der Waals surface area contributed by atoms with Crippen molar-refractivity contribution >= 4 is 34.9 Å². The molecule has 0 radical (unpaired) electrons. The molecule has 4 rings (SSSR count). The third-order valence-corrected chi connectivity index (χ3v) is 5.50. The Hall–Kier alpha value is -2.47. The molecule has 0 fully saturated rings. The number of halogens is 1. The normalized spacial score (nSPS) is 13.3. The SMILES string of the molecule is NCC1=NCC(=O)c2ccc(-c3cncc(Sc4cccc(Cl)c4)c3)cc21. The highest BCUT2D eigenvalue weighted by molar-refractivity contribution is 7.99. The number of nitrogens with two attached hydrogens (primary N) is 1. The zero-order chi connectivity index (χ0) is 18.8. The highest BCUT2D eigenvalue weighted by Gasteiger charge is 2.20. The van der Waals surface area contributed by atoms with Gasteiger partial charge >= 0.3 is 0 Å². The first kappa shape index (κ1) is 17.9. The van der Waals surface area contributed by atoms with Crippen molar-refractivity contribution in [2.45, 2.75) is 9.79 Å². The van der Waals surface area contributed by atoms with Crippen LogP contribution in [0.3, 0.4) is 0 Å². The van der Waals surface area contributed by atoms with Crippen molar-refractivity contribution in [1.29, 1.82) is 0 Å². The Balaban J connectivity index is 1.69. The molecule has 134 valence electrons. The van der Waals surface area contributed by atoms with Gasteiger partial charge in [-0.3, -0.25) is 14.8 Å². The number of ketones is 1. The molecule has 2 aromatic carbocycles. The van der Waals surface area contributed by atoms with E-state index in [-0.39, 0.29) is 12.3 Å². The average molecular weight is 394 g/mol. The Morgan fingerprint density at radius 1 is 1.00 bits per heavy atom. The first-order valence-corrected chi connectivity index (χ1v) is 9.63. The van der Waals surface area contributed by atoms with Crippen LogP contribution in [0.5, 0.6) is 0 Å². The molecule has 0 aliphatic carbocycles. The smallest absolute Gasteiger partial charge is 0.184 e. The molecule has 0 amide bonds. The molecule has 0 unspecified atom stereocenters. The number of benzene rings is 2. The summed E-state index contributed by atoms with van der Waals surface area (Å²) in [5.41, 5.74) is 10.0. The molecule has 1 aliphatic heterocycles. The summed E-state index contributed by atoms with van der Waals surface area (Å²) in [6, 6.07) is 15.6. The van der Waals surface area contributed by atoms with Crippen LogP contribution in [0.15, 0.2) is 75.7 Å². The monoisotopic (exact) mass is 393 g/mol. The fourth-order valence-electron chi connectivity index (χ4n) is 3.02. The molecule has 6 heteroatoms. The van der Waals surface area contributed by atoms with Crippen molar-refractivity contribution in [3.63, 3.8) is 0 Å². The number of Topliss-reactive ketones (excluding diaryl/α,β-unsaturated/α-hetero) is 1. The maximum absolute atomic E-state index is 12.1. The first-order chi connectivity index (χ1) is 13.1. The van der Waals surface area contributed by atoms with E-state index >= 15 is 0 Å². The fraction of sp³-hybridized carbons (Fsp3) is 0.0952. The summed E-state index contributed by atoms with van der Waals surface area (Å²) in [4.78, 5) is 22.8. The predicted molar refractivity (Wildman–Crippen MR) is 110 cm³/mol. The second-order valence-corrected chi connectivity index (χ2v) is 7.70. The molecule has 2 N–H and O–H groups in total. The minimum atomic E-state index is 0.0251. The van der Waals surface area contributed by atoms with Gasteiger partial charge in [-0.25, -0.2) is 0 Å². The predicted octanol–water partition coefficient (Wildman–Crippen LogP) is 4.50. The molecule has 2 heterocycles. The lowest BCUT2D eigenvalue weighted by atomic mass is 9.93. The minimum absolute atomic E-state index is 0.0251. The number of aliphatic imine (C=N–C) groups is 1. The van der Waals surface area contributed by atoms with E-state index in [1.165, 1.54) is 0 Å². The first-order valence-electron chi connectivity index (χ1n) is 8.44. The van der Waals surface area contributed by atoms with Crippen molar-refractivity contribution in [3.8, 4) is 11.1 Å². The zero-order valence-electron chi connectivity index (χ0n) is 14.4. The molecule has 0 atom stereocenters. The lowest BCUT2D eigenvalue weighted by Gasteiger charge is -2.16. The Morgan fingerprint density at radius 2 is 1.89 bits per heavy atom. The number of fused-ring (bicyclic) bond motifs is 1. The third-order valence-electron chi connectivity index (χ3n) is 4.32. The molecule has 0 saturated carbocycles. The highest BCUT2D eigenvalue weighted by Crippen LogP contribution is 2.32. The maximum atomic E-state index is 12.1. The van der Waals surface area contributed by atoms with E-state index in [2.05, 4.69) is 16.0 Å². The van der Waals surface area contributed by atoms with Crippen molar-refractivity contribution in [1.82, 2.24) is 4.98 Å². The number of rotatable bonds is 4. The van der Waals surface area contributed by atoms with Gasteiger partial charge in [0.15, 0.2) is 5.78 Å². The number of nitrogens with zero attached hydrogens (tertiary/aromatic N) is 2. The van der Waals surface area contributed by atoms with Crippen LogP contribution in [0.4, 0.5) is 0 Å². The van der Waals surface area contributed by atoms with Crippen molar-refractivity contribution in [2.24, 2.45) is 10.7 Å². The molecule has 0 bridgehead atoms. The van der Waals surface area contributed by atoms with Crippen LogP contribution in [0.25, 0.3) is 11.1 Å². The van der Waals surface area contributed by atoms with E-state index in [9.17, 15) is 4.79 Å². The van der Waals surface area contributed by atoms with Crippen LogP contribution in [0, 0.1) is 0 Å². The topological polar surface area (TPSA) is 68.3 Å². The molecule has 27 heavy (non-hydrogen) atoms. The molecule has 1 aliphatic rings. The highest BCUT2D eigenvalue weighted by atomic mass is 35.5. The van der Waals surface area contributed by atoms with E-state index in [1.54, 1.807) is 11.8 Å². The van der Waals surface area contributed by atoms with Gasteiger partial charge in [-0.05, 0) is 35.9 Å². The van der Waals surface area contributed by atoms with Gasteiger partial charge in [0, 0.05) is 50.4 Å². The van der Waals surface area contributed by atoms with E-state index in [4.69, 9.17) is 17.3 Å². The Kier molecular flexibility index (Phi) is 5.07. The van der Waals surface area contributed by atoms with E-state index in [0.717, 1.165) is 32.2 Å². The van der Waals surface area contributed by atoms with Crippen LogP contribution >= 0.6 is 23.4 Å². The minimum Gasteiger partial charge on any atom is -0.325 e. The number of carbonyl (C=O) groups excluding carboxylic acids is 1. The fourth-order valence-corrected chi connectivity index (χ4v) is 4.18. The molecule has 0 spiro atoms. The second kappa shape index (κ2) is 7.64. The summed E-state index contributed by atoms with van der Waals surface area (Å²) >= 11 is 7.67. The molecular weight excluding hydrogens is 378 g/mol. The molecule has 1 aromatic heterocycles. The summed E-state index contributed by atoms with van der Waals surface area (Å²) < 4.78 is 0. The zero-order valence-corrected chi connectivity index (χ0v) is 15.9. The van der Waals surface area contributed by atoms with Gasteiger partial charge in [-0.15, -0.1) is 0 Å². The summed E-state index contributed by atoms with van der Waals surface area (Å²) in [7, 11) is 0. The van der Waals surface area contributed by atoms with Crippen LogP contribution < -0.4 is 5.73 Å². The largest absolute Gasteiger partial charge is 0.325 e. The number of hydrogen-bond donors (Lipinski definition) is 1. The van der Waals surface area contributed by atoms with Crippen LogP contribution in [-0.2, 0) is 0 Å². The number of aromatic nitrogens is 1. The van der Waals surface area contributed by atoms with Crippen LogP contribution in [0.2, 0.25) is 5.02 Å². The van der Waals surface area contributed by atoms with Crippen molar-refractivity contribution in [2.75, 3.05) is 13.1 Å². The number of pyridine rings is 1. The van der Waals surface area contributed by atoms with Crippen LogP contribution in [0.1, 0.15) is 15.9 Å². The molecule has 0 saturated heterocycles. The van der Waals surface area contributed by atoms with Gasteiger partial charge in [0.2, 0.25) is 0 Å². The second-order valence-electron chi connectivity index (χ2n) is 6.12. The van der Waals surface area contributed by atoms with E-state index < -0.39 is 0 Å². The van der Waals surface area contributed by atoms with E-state index in [1.807, 2.05) is 54.9 Å². The summed E-state index contributed by atoms with van der Waals surface area (Å²) in [5, 5.41) is 0.706. The maximum Gasteiger partial charge on any atom is 0.184 e. The molecular formula is C21H16ClN3OS. The van der Waals surface area contributed by atoms with Gasteiger partial charge in [-0.1, -0.05) is 41.6 Å². The van der Waals surface area contributed by atoms with Gasteiger partial charge < -0.3 is 5.73 Å². The van der Waals surface area contributed by atoms with Crippen LogP contribution in [-0.4, -0.2) is 29.6 Å². The Morgan fingerprint density at radius 3 is 2.70 bits per heavy atom. The summed E-state index contributed by atoms with van der Waals surface area (Å²) in [6.07, 6.45) is 3.64. The van der Waals surface area contributed by atoms with E-state index in [0.29, 0.717) is 17.1 Å². The van der Waals surface area contributed by atoms with Crippen molar-refractivity contribution in [3.05, 3.63) is 77.1 Å². The van der Waals surface area contributed by atoms with Gasteiger partial charge in [0.1, 0.15) is 6.54 Å². The number of hydrogen-bond acceptors (Lipinski definition) is 5. The average Bonchev–Trinajstić information content (AvgIpc) is 2.68. The number of carbonyl (C=O) groups is 1. The quantitative estimate of drug-likeness (QED) is 0.708. The summed E-state index contributed by atoms with van der Waals surface area (Å²) in [5.74, 6) is 0.0251. The Labute approximate surface area is 166 Å². The van der Waals surface area contributed by atoms with Gasteiger partial charge in [0.05, 0.1) is 5.71 Å². The molecule has 4 nitrogen and oxygen atoms in total. The standard InChI is InChI=1S/C21H16ClN3OS/c22-15-2-1-3-16(8-15)27-17-6-14(10-24-11-17)13-4-5-18-19(7-13)20(9-23)25-12-21(18)26/h1-8,10-11H,9,12,23H2. The van der Waals surface area contributed by atoms with Gasteiger partial charge in [0.25, 0.3) is 0 Å². The lowest BCUT2D eigenvalue weighted by Crippen LogP contribution is -2.24. The van der Waals surface area contributed by atoms with Crippen molar-refractivity contribution < 1.29 is 4.79 Å². The molecule has 3 aromatic rings. The Bertz CT molecular complexity index is 1060. The summed E-state index contributed by atoms with van der Waals surface area (Å²) in [6.45, 7) is 0.485.